The molecule has 1 aromatic heterocycles. The minimum absolute atomic E-state index is 0.0680. The van der Waals surface area contributed by atoms with Crippen LogP contribution in [0.25, 0.3) is 0 Å². The Balaban J connectivity index is 2.74. The second kappa shape index (κ2) is 6.14. The summed E-state index contributed by atoms with van der Waals surface area (Å²) >= 11 is 5.88. The van der Waals surface area contributed by atoms with E-state index in [4.69, 9.17) is 16.3 Å². The smallest absolute Gasteiger partial charge is 0.317 e. The third-order valence-corrected chi connectivity index (χ3v) is 2.15. The van der Waals surface area contributed by atoms with Crippen LogP contribution in [0, 0.1) is 18.8 Å². The molecule has 1 heterocycles. The normalized spacial score (nSPS) is 9.19. The van der Waals surface area contributed by atoms with E-state index in [0.29, 0.717) is 17.3 Å². The van der Waals surface area contributed by atoms with Crippen LogP contribution in [0.3, 0.4) is 0 Å². The summed E-state index contributed by atoms with van der Waals surface area (Å²) in [5.41, 5.74) is 1.60. The first kappa shape index (κ1) is 12.5. The Bertz CT molecular complexity index is 426. The first-order valence-corrected chi connectivity index (χ1v) is 5.28. The van der Waals surface area contributed by atoms with Gasteiger partial charge in [-0.1, -0.05) is 23.4 Å². The van der Waals surface area contributed by atoms with Gasteiger partial charge in [-0.25, -0.2) is 4.98 Å². The quantitative estimate of drug-likeness (QED) is 0.450. The molecule has 0 unspecified atom stereocenters. The van der Waals surface area contributed by atoms with Crippen molar-refractivity contribution in [2.45, 2.75) is 20.3 Å². The Morgan fingerprint density at radius 1 is 1.62 bits per heavy atom. The van der Waals surface area contributed by atoms with Crippen molar-refractivity contribution in [2.24, 2.45) is 0 Å². The molecule has 0 spiro atoms. The van der Waals surface area contributed by atoms with E-state index in [1.54, 1.807) is 13.1 Å². The molecule has 1 aromatic rings. The van der Waals surface area contributed by atoms with Gasteiger partial charge < -0.3 is 4.74 Å². The highest BCUT2D eigenvalue weighted by atomic mass is 35.5. The number of aryl methyl sites for hydroxylation is 1. The second-order valence-electron chi connectivity index (χ2n) is 3.08. The highest BCUT2D eigenvalue weighted by Gasteiger charge is 2.01. The molecule has 4 heteroatoms. The number of halogens is 1. The van der Waals surface area contributed by atoms with E-state index in [9.17, 15) is 4.79 Å². The molecule has 0 saturated carbocycles. The number of hydrogen-bond acceptors (Lipinski definition) is 3. The molecule has 0 aliphatic carbocycles. The van der Waals surface area contributed by atoms with Crippen LogP contribution < -0.4 is 0 Å². The maximum absolute atomic E-state index is 11.0. The summed E-state index contributed by atoms with van der Waals surface area (Å²) in [6, 6.07) is 1.82. The lowest BCUT2D eigenvalue weighted by molar-refractivity contribution is -0.141. The van der Waals surface area contributed by atoms with E-state index < -0.39 is 0 Å². The van der Waals surface area contributed by atoms with Crippen LogP contribution >= 0.6 is 11.6 Å². The van der Waals surface area contributed by atoms with Gasteiger partial charge >= 0.3 is 5.97 Å². The fraction of sp³-hybridized carbons (Fsp3) is 0.333. The van der Waals surface area contributed by atoms with Crippen LogP contribution in [0.2, 0.25) is 5.15 Å². The molecule has 0 saturated heterocycles. The summed E-state index contributed by atoms with van der Waals surface area (Å²) in [7, 11) is 0. The average molecular weight is 238 g/mol. The molecule has 1 rings (SSSR count). The Labute approximate surface area is 99.8 Å². The summed E-state index contributed by atoms with van der Waals surface area (Å²) in [6.45, 7) is 4.02. The lowest BCUT2D eigenvalue weighted by atomic mass is 10.1. The molecule has 3 nitrogen and oxygen atoms in total. The van der Waals surface area contributed by atoms with E-state index in [2.05, 4.69) is 16.8 Å². The van der Waals surface area contributed by atoms with Crippen LogP contribution in [0.5, 0.6) is 0 Å². The van der Waals surface area contributed by atoms with Crippen molar-refractivity contribution in [1.82, 2.24) is 4.98 Å². The summed E-state index contributed by atoms with van der Waals surface area (Å²) in [6.07, 6.45) is 1.69. The predicted octanol–water partition coefficient (Wildman–Crippen LogP) is 2.35. The SMILES string of the molecule is CCOC(=O)CC#Cc1c(C)ccnc1Cl. The summed E-state index contributed by atoms with van der Waals surface area (Å²) in [5.74, 6) is 5.22. The van der Waals surface area contributed by atoms with Gasteiger partial charge in [-0.15, -0.1) is 0 Å². The van der Waals surface area contributed by atoms with Crippen molar-refractivity contribution < 1.29 is 9.53 Å². The molecular formula is C12H12ClNO2. The molecule has 0 bridgehead atoms. The van der Waals surface area contributed by atoms with Crippen molar-refractivity contribution in [3.63, 3.8) is 0 Å². The number of carbonyl (C=O) groups excluding carboxylic acids is 1. The third-order valence-electron chi connectivity index (χ3n) is 1.86. The highest BCUT2D eigenvalue weighted by molar-refractivity contribution is 6.30. The molecule has 0 fully saturated rings. The Morgan fingerprint density at radius 3 is 3.00 bits per heavy atom. The second-order valence-corrected chi connectivity index (χ2v) is 3.44. The van der Waals surface area contributed by atoms with E-state index in [-0.39, 0.29) is 12.4 Å². The zero-order chi connectivity index (χ0) is 12.0. The van der Waals surface area contributed by atoms with E-state index in [1.165, 1.54) is 0 Å². The number of rotatable bonds is 2. The lowest BCUT2D eigenvalue weighted by Gasteiger charge is -1.98. The molecule has 0 atom stereocenters. The third kappa shape index (κ3) is 3.56. The van der Waals surface area contributed by atoms with Crippen LogP contribution in [0.15, 0.2) is 12.3 Å². The zero-order valence-electron chi connectivity index (χ0n) is 9.21. The maximum atomic E-state index is 11.0. The van der Waals surface area contributed by atoms with Crippen molar-refractivity contribution in [1.29, 1.82) is 0 Å². The Kier molecular flexibility index (Phi) is 4.81. The van der Waals surface area contributed by atoms with Crippen molar-refractivity contribution in [3.8, 4) is 11.8 Å². The van der Waals surface area contributed by atoms with Crippen LogP contribution in [-0.2, 0) is 9.53 Å². The summed E-state index contributed by atoms with van der Waals surface area (Å²) < 4.78 is 4.75. The molecule has 0 aliphatic rings. The first-order valence-electron chi connectivity index (χ1n) is 4.90. The average Bonchev–Trinajstić information content (AvgIpc) is 2.23. The van der Waals surface area contributed by atoms with E-state index in [0.717, 1.165) is 5.56 Å². The number of pyridine rings is 1. The standard InChI is InChI=1S/C12H12ClNO2/c1-3-16-11(15)6-4-5-10-9(2)7-8-14-12(10)13/h7-8H,3,6H2,1-2H3. The van der Waals surface area contributed by atoms with E-state index in [1.807, 2.05) is 13.0 Å². The number of ether oxygens (including phenoxy) is 1. The van der Waals surface area contributed by atoms with Gasteiger partial charge in [0, 0.05) is 6.20 Å². The van der Waals surface area contributed by atoms with Gasteiger partial charge in [0.2, 0.25) is 0 Å². The molecular weight excluding hydrogens is 226 g/mol. The van der Waals surface area contributed by atoms with E-state index >= 15 is 0 Å². The fourth-order valence-electron chi connectivity index (χ4n) is 1.09. The molecule has 0 aliphatic heterocycles. The number of hydrogen-bond donors (Lipinski definition) is 0. The number of aromatic nitrogens is 1. The molecule has 0 N–H and O–H groups in total. The van der Waals surface area contributed by atoms with Gasteiger partial charge in [-0.05, 0) is 25.5 Å². The summed E-state index contributed by atoms with van der Waals surface area (Å²) in [5, 5.41) is 0.358. The summed E-state index contributed by atoms with van der Waals surface area (Å²) in [4.78, 5) is 15.0. The van der Waals surface area contributed by atoms with Crippen molar-refractivity contribution in [3.05, 3.63) is 28.5 Å². The number of nitrogens with zero attached hydrogens (tertiary/aromatic N) is 1. The number of esters is 1. The van der Waals surface area contributed by atoms with Gasteiger partial charge in [-0.2, -0.15) is 0 Å². The van der Waals surface area contributed by atoms with Gasteiger partial charge in [0.1, 0.15) is 11.6 Å². The molecule has 16 heavy (non-hydrogen) atoms. The number of carbonyl (C=O) groups is 1. The van der Waals surface area contributed by atoms with Crippen molar-refractivity contribution in [2.75, 3.05) is 6.61 Å². The largest absolute Gasteiger partial charge is 0.465 e. The van der Waals surface area contributed by atoms with Gasteiger partial charge in [0.05, 0.1) is 12.2 Å². The highest BCUT2D eigenvalue weighted by Crippen LogP contribution is 2.14. The van der Waals surface area contributed by atoms with Crippen LogP contribution in [0.4, 0.5) is 0 Å². The fourth-order valence-corrected chi connectivity index (χ4v) is 1.34. The van der Waals surface area contributed by atoms with Crippen molar-refractivity contribution >= 4 is 17.6 Å². The molecule has 0 amide bonds. The van der Waals surface area contributed by atoms with Gasteiger partial charge in [0.25, 0.3) is 0 Å². The Hall–Kier alpha value is -1.53. The minimum Gasteiger partial charge on any atom is -0.465 e. The monoisotopic (exact) mass is 237 g/mol. The maximum Gasteiger partial charge on any atom is 0.317 e. The van der Waals surface area contributed by atoms with Crippen LogP contribution in [-0.4, -0.2) is 17.6 Å². The molecule has 84 valence electrons. The lowest BCUT2D eigenvalue weighted by Crippen LogP contribution is -2.01. The molecule has 0 radical (unpaired) electrons. The van der Waals surface area contributed by atoms with Gasteiger partial charge in [-0.3, -0.25) is 4.79 Å². The first-order chi connectivity index (χ1) is 7.65. The minimum atomic E-state index is -0.326. The topological polar surface area (TPSA) is 39.2 Å². The Morgan fingerprint density at radius 2 is 2.38 bits per heavy atom. The van der Waals surface area contributed by atoms with Crippen LogP contribution in [0.1, 0.15) is 24.5 Å². The molecule has 0 aromatic carbocycles. The predicted molar refractivity (Wildman–Crippen MR) is 62.1 cm³/mol. The zero-order valence-corrected chi connectivity index (χ0v) is 9.97. The van der Waals surface area contributed by atoms with Gasteiger partial charge in [0.15, 0.2) is 0 Å².